The summed E-state index contributed by atoms with van der Waals surface area (Å²) in [6.45, 7) is 0. The predicted molar refractivity (Wildman–Crippen MR) is 118 cm³/mol. The maximum atomic E-state index is 6.12. The number of anilines is 1. The second kappa shape index (κ2) is 6.12. The van der Waals surface area contributed by atoms with Crippen molar-refractivity contribution in [3.05, 3.63) is 73.1 Å². The summed E-state index contributed by atoms with van der Waals surface area (Å²) in [6, 6.07) is 22.3. The third-order valence-corrected chi connectivity index (χ3v) is 6.11. The average Bonchev–Trinajstić information content (AvgIpc) is 3.36. The molecule has 0 atom stereocenters. The van der Waals surface area contributed by atoms with Gasteiger partial charge >= 0.3 is 0 Å². The Morgan fingerprint density at radius 1 is 0.897 bits per heavy atom. The van der Waals surface area contributed by atoms with Gasteiger partial charge in [-0.3, -0.25) is 0 Å². The lowest BCUT2D eigenvalue weighted by atomic mass is 10.0. The minimum atomic E-state index is 0.474. The number of thiophene rings is 1. The van der Waals surface area contributed by atoms with Crippen molar-refractivity contribution < 1.29 is 4.42 Å². The van der Waals surface area contributed by atoms with Gasteiger partial charge in [-0.1, -0.05) is 48.5 Å². The van der Waals surface area contributed by atoms with Crippen molar-refractivity contribution in [2.75, 3.05) is 5.73 Å². The number of nitrogens with two attached hydrogens (primary N) is 1. The van der Waals surface area contributed by atoms with Gasteiger partial charge in [0.2, 0.25) is 0 Å². The van der Waals surface area contributed by atoms with E-state index in [2.05, 4.69) is 28.2 Å². The first-order chi connectivity index (χ1) is 14.3. The van der Waals surface area contributed by atoms with Crippen molar-refractivity contribution in [3.63, 3.8) is 0 Å². The third kappa shape index (κ3) is 2.50. The number of nitrogens with zero attached hydrogens (tertiary/aromatic N) is 3. The molecular formula is C23H14N4OS. The van der Waals surface area contributed by atoms with E-state index in [1.54, 1.807) is 0 Å². The van der Waals surface area contributed by atoms with E-state index in [0.29, 0.717) is 5.82 Å². The first kappa shape index (κ1) is 16.2. The number of furan rings is 1. The van der Waals surface area contributed by atoms with Crippen LogP contribution in [0.2, 0.25) is 0 Å². The van der Waals surface area contributed by atoms with Gasteiger partial charge in [0.1, 0.15) is 28.3 Å². The second-order valence-electron chi connectivity index (χ2n) is 6.79. The molecule has 0 unspecified atom stereocenters. The summed E-state index contributed by atoms with van der Waals surface area (Å²) in [5, 5.41) is 2.04. The quantitative estimate of drug-likeness (QED) is 0.395. The molecular weight excluding hydrogens is 380 g/mol. The maximum absolute atomic E-state index is 6.12. The Kier molecular flexibility index (Phi) is 3.42. The molecule has 2 N–H and O–H groups in total. The van der Waals surface area contributed by atoms with Crippen LogP contribution in [0.4, 0.5) is 5.82 Å². The molecule has 6 heteroatoms. The van der Waals surface area contributed by atoms with Gasteiger partial charge in [0, 0.05) is 10.8 Å². The highest BCUT2D eigenvalue weighted by Crippen LogP contribution is 2.41. The van der Waals surface area contributed by atoms with Crippen molar-refractivity contribution in [3.8, 4) is 22.6 Å². The summed E-state index contributed by atoms with van der Waals surface area (Å²) in [4.78, 5) is 14.4. The van der Waals surface area contributed by atoms with E-state index in [4.69, 9.17) is 15.1 Å². The number of para-hydroxylation sites is 1. The zero-order valence-electron chi connectivity index (χ0n) is 15.2. The molecule has 0 aliphatic carbocycles. The summed E-state index contributed by atoms with van der Waals surface area (Å²) in [7, 11) is 0. The van der Waals surface area contributed by atoms with E-state index in [1.807, 2.05) is 48.5 Å². The van der Waals surface area contributed by atoms with Crippen LogP contribution in [-0.4, -0.2) is 15.0 Å². The largest absolute Gasteiger partial charge is 0.454 e. The van der Waals surface area contributed by atoms with Gasteiger partial charge in [-0.25, -0.2) is 15.0 Å². The van der Waals surface area contributed by atoms with Gasteiger partial charge in [0.25, 0.3) is 0 Å². The number of benzene rings is 2. The van der Waals surface area contributed by atoms with E-state index in [0.717, 1.165) is 54.0 Å². The highest BCUT2D eigenvalue weighted by molar-refractivity contribution is 7.26. The second-order valence-corrected chi connectivity index (χ2v) is 7.79. The molecule has 29 heavy (non-hydrogen) atoms. The molecule has 0 fully saturated rings. The fraction of sp³-hybridized carbons (Fsp3) is 0. The molecule has 0 saturated heterocycles. The van der Waals surface area contributed by atoms with Crippen LogP contribution in [0.25, 0.3) is 54.0 Å². The molecule has 4 aromatic heterocycles. The van der Waals surface area contributed by atoms with E-state index in [-0.39, 0.29) is 0 Å². The van der Waals surface area contributed by atoms with Crippen LogP contribution < -0.4 is 5.73 Å². The molecule has 0 bridgehead atoms. The van der Waals surface area contributed by atoms with Crippen molar-refractivity contribution in [2.45, 2.75) is 0 Å². The molecule has 0 aliphatic heterocycles. The van der Waals surface area contributed by atoms with Gasteiger partial charge in [-0.2, -0.15) is 0 Å². The number of aromatic nitrogens is 3. The van der Waals surface area contributed by atoms with Gasteiger partial charge in [-0.15, -0.1) is 11.3 Å². The Hall–Kier alpha value is -3.77. The van der Waals surface area contributed by atoms with Gasteiger partial charge in [0.05, 0.1) is 10.2 Å². The Labute approximate surface area is 169 Å². The van der Waals surface area contributed by atoms with Crippen LogP contribution in [0, 0.1) is 0 Å². The van der Waals surface area contributed by atoms with E-state index < -0.39 is 0 Å². The molecule has 0 radical (unpaired) electrons. The molecule has 5 nitrogen and oxygen atoms in total. The zero-order chi connectivity index (χ0) is 19.4. The molecule has 6 rings (SSSR count). The van der Waals surface area contributed by atoms with Crippen molar-refractivity contribution in [1.82, 2.24) is 15.0 Å². The molecule has 0 amide bonds. The monoisotopic (exact) mass is 394 g/mol. The maximum Gasteiger partial charge on any atom is 0.153 e. The molecule has 6 aromatic rings. The van der Waals surface area contributed by atoms with E-state index >= 15 is 0 Å². The molecule has 138 valence electrons. The summed E-state index contributed by atoms with van der Waals surface area (Å²) in [5.41, 5.74) is 10.7. The summed E-state index contributed by atoms with van der Waals surface area (Å²) < 4.78 is 6.94. The molecule has 0 aliphatic rings. The third-order valence-electron chi connectivity index (χ3n) is 5.02. The van der Waals surface area contributed by atoms with Gasteiger partial charge in [-0.05, 0) is 29.3 Å². The lowest BCUT2D eigenvalue weighted by molar-refractivity contribution is 0.629. The van der Waals surface area contributed by atoms with Crippen molar-refractivity contribution in [2.24, 2.45) is 0 Å². The number of fused-ring (bicyclic) bond motifs is 4. The summed E-state index contributed by atoms with van der Waals surface area (Å²) in [6.07, 6.45) is 1.51. The number of hydrogen-bond acceptors (Lipinski definition) is 6. The van der Waals surface area contributed by atoms with Crippen LogP contribution in [0.5, 0.6) is 0 Å². The van der Waals surface area contributed by atoms with Crippen molar-refractivity contribution >= 4 is 48.6 Å². The normalized spacial score (nSPS) is 11.6. The first-order valence-corrected chi connectivity index (χ1v) is 9.98. The highest BCUT2D eigenvalue weighted by Gasteiger charge is 2.19. The number of pyridine rings is 1. The minimum Gasteiger partial charge on any atom is -0.454 e. The van der Waals surface area contributed by atoms with E-state index in [1.165, 1.54) is 17.7 Å². The SMILES string of the molecule is Nc1ncnc2c1sc1nc(-c3cc4ccccc4o3)cc(-c3ccccc3)c12. The summed E-state index contributed by atoms with van der Waals surface area (Å²) >= 11 is 1.51. The lowest BCUT2D eigenvalue weighted by Gasteiger charge is -2.06. The standard InChI is InChI=1S/C23H14N4OS/c24-22-21-20(25-12-26-22)19-15(13-6-2-1-3-7-13)11-16(27-23(19)29-21)18-10-14-8-4-5-9-17(14)28-18/h1-12H,(H2,24,25,26). The topological polar surface area (TPSA) is 77.8 Å². The van der Waals surface area contributed by atoms with Gasteiger partial charge < -0.3 is 10.2 Å². The van der Waals surface area contributed by atoms with Crippen LogP contribution >= 0.6 is 11.3 Å². The van der Waals surface area contributed by atoms with Crippen LogP contribution in [0.3, 0.4) is 0 Å². The Bertz CT molecular complexity index is 1490. The van der Waals surface area contributed by atoms with Crippen molar-refractivity contribution in [1.29, 1.82) is 0 Å². The van der Waals surface area contributed by atoms with Crippen LogP contribution in [0.15, 0.2) is 77.5 Å². The fourth-order valence-corrected chi connectivity index (χ4v) is 4.72. The Morgan fingerprint density at radius 3 is 2.59 bits per heavy atom. The minimum absolute atomic E-state index is 0.474. The zero-order valence-corrected chi connectivity index (χ0v) is 16.0. The molecule has 4 heterocycles. The van der Waals surface area contributed by atoms with E-state index in [9.17, 15) is 0 Å². The Balaban J connectivity index is 1.71. The average molecular weight is 394 g/mol. The number of nitrogen functional groups attached to an aromatic ring is 1. The molecule has 2 aromatic carbocycles. The lowest BCUT2D eigenvalue weighted by Crippen LogP contribution is -1.91. The smallest absolute Gasteiger partial charge is 0.153 e. The number of hydrogen-bond donors (Lipinski definition) is 1. The highest BCUT2D eigenvalue weighted by atomic mass is 32.1. The van der Waals surface area contributed by atoms with Gasteiger partial charge in [0.15, 0.2) is 5.76 Å². The number of rotatable bonds is 2. The molecule has 0 saturated carbocycles. The fourth-order valence-electron chi connectivity index (χ4n) is 3.67. The summed E-state index contributed by atoms with van der Waals surface area (Å²) in [5.74, 6) is 1.21. The van der Waals surface area contributed by atoms with Crippen LogP contribution in [-0.2, 0) is 0 Å². The predicted octanol–water partition coefficient (Wildman–Crippen LogP) is 5.90. The van der Waals surface area contributed by atoms with Crippen LogP contribution in [0.1, 0.15) is 0 Å². The molecule has 0 spiro atoms. The Morgan fingerprint density at radius 2 is 1.72 bits per heavy atom. The first-order valence-electron chi connectivity index (χ1n) is 9.16.